The third-order valence-corrected chi connectivity index (χ3v) is 6.20. The SMILES string of the molecule is Cc1cc2c(c(=O)n1Cc1ccc3c(c1)OCO3)C(c1ccc3c(c1)OCO3)C(C#N)=C(N)O2. The van der Waals surface area contributed by atoms with Crippen LogP contribution >= 0.6 is 0 Å². The molecule has 4 heterocycles. The zero-order valence-electron chi connectivity index (χ0n) is 18.2. The molecule has 2 aromatic carbocycles. The Morgan fingerprint density at radius 2 is 1.65 bits per heavy atom. The molecule has 9 heteroatoms. The van der Waals surface area contributed by atoms with Crippen LogP contribution in [0.5, 0.6) is 28.7 Å². The van der Waals surface area contributed by atoms with Crippen molar-refractivity contribution in [2.24, 2.45) is 5.73 Å². The van der Waals surface area contributed by atoms with Gasteiger partial charge in [0.15, 0.2) is 23.0 Å². The van der Waals surface area contributed by atoms with Crippen LogP contribution in [0, 0.1) is 18.3 Å². The van der Waals surface area contributed by atoms with Crippen LogP contribution in [-0.2, 0) is 6.54 Å². The molecule has 0 radical (unpaired) electrons. The molecular weight excluding hydrogens is 438 g/mol. The van der Waals surface area contributed by atoms with Gasteiger partial charge >= 0.3 is 0 Å². The molecule has 1 unspecified atom stereocenters. The van der Waals surface area contributed by atoms with E-state index < -0.39 is 5.92 Å². The summed E-state index contributed by atoms with van der Waals surface area (Å²) in [5, 5.41) is 9.89. The van der Waals surface area contributed by atoms with Gasteiger partial charge in [-0.2, -0.15) is 5.26 Å². The predicted octanol–water partition coefficient (Wildman–Crippen LogP) is 2.88. The van der Waals surface area contributed by atoms with Crippen LogP contribution in [0.25, 0.3) is 0 Å². The molecule has 1 aromatic heterocycles. The van der Waals surface area contributed by atoms with Crippen molar-refractivity contribution in [3.63, 3.8) is 0 Å². The van der Waals surface area contributed by atoms with E-state index in [9.17, 15) is 10.1 Å². The normalized spacial score (nSPS) is 17.2. The van der Waals surface area contributed by atoms with Crippen LogP contribution < -0.4 is 35.0 Å². The highest BCUT2D eigenvalue weighted by Gasteiger charge is 2.35. The number of allylic oxidation sites excluding steroid dienone is 1. The number of nitriles is 1. The first-order chi connectivity index (χ1) is 16.5. The molecule has 0 spiro atoms. The average molecular weight is 457 g/mol. The second-order valence-corrected chi connectivity index (χ2v) is 8.18. The van der Waals surface area contributed by atoms with E-state index in [0.717, 1.165) is 5.56 Å². The predicted molar refractivity (Wildman–Crippen MR) is 119 cm³/mol. The Bertz CT molecular complexity index is 1480. The number of hydrogen-bond acceptors (Lipinski definition) is 8. The maximum absolute atomic E-state index is 13.9. The van der Waals surface area contributed by atoms with Gasteiger partial charge in [-0.3, -0.25) is 4.79 Å². The van der Waals surface area contributed by atoms with Crippen molar-refractivity contribution >= 4 is 0 Å². The number of pyridine rings is 1. The zero-order valence-corrected chi connectivity index (χ0v) is 18.2. The molecule has 1 atom stereocenters. The lowest BCUT2D eigenvalue weighted by molar-refractivity contribution is 0.173. The van der Waals surface area contributed by atoms with Crippen LogP contribution in [0.4, 0.5) is 0 Å². The zero-order chi connectivity index (χ0) is 23.4. The second-order valence-electron chi connectivity index (χ2n) is 8.18. The Morgan fingerprint density at radius 3 is 2.38 bits per heavy atom. The van der Waals surface area contributed by atoms with Crippen molar-refractivity contribution < 1.29 is 23.7 Å². The topological polar surface area (TPSA) is 118 Å². The second kappa shape index (κ2) is 7.49. The van der Waals surface area contributed by atoms with Gasteiger partial charge in [0.1, 0.15) is 17.4 Å². The molecule has 0 amide bonds. The number of rotatable bonds is 3. The lowest BCUT2D eigenvalue weighted by Crippen LogP contribution is -2.33. The number of benzene rings is 2. The molecule has 0 aliphatic carbocycles. The molecule has 0 bridgehead atoms. The summed E-state index contributed by atoms with van der Waals surface area (Å²) >= 11 is 0. The quantitative estimate of drug-likeness (QED) is 0.638. The van der Waals surface area contributed by atoms with Crippen molar-refractivity contribution in [3.05, 3.63) is 86.7 Å². The lowest BCUT2D eigenvalue weighted by Gasteiger charge is -2.27. The Labute approximate surface area is 194 Å². The molecule has 0 saturated heterocycles. The minimum Gasteiger partial charge on any atom is -0.454 e. The Hall–Kier alpha value is -4.58. The molecule has 0 saturated carbocycles. The average Bonchev–Trinajstić information content (AvgIpc) is 3.49. The fourth-order valence-electron chi connectivity index (χ4n) is 4.53. The maximum Gasteiger partial charge on any atom is 0.259 e. The first-order valence-corrected chi connectivity index (χ1v) is 10.6. The molecule has 3 aromatic rings. The summed E-state index contributed by atoms with van der Waals surface area (Å²) < 4.78 is 29.2. The molecule has 9 nitrogen and oxygen atoms in total. The summed E-state index contributed by atoms with van der Waals surface area (Å²) in [6, 6.07) is 14.8. The highest BCUT2D eigenvalue weighted by Crippen LogP contribution is 2.43. The Morgan fingerprint density at radius 1 is 0.971 bits per heavy atom. The standard InChI is InChI=1S/C25H19N3O6/c1-13-6-21-23(25(29)28(13)10-14-2-4-17-19(7-14)32-11-30-17)22(16(9-26)24(27)34-21)15-3-5-18-20(8-15)33-12-31-18/h2-8,22H,10-12,27H2,1H3. The van der Waals surface area contributed by atoms with Crippen LogP contribution in [0.3, 0.4) is 0 Å². The van der Waals surface area contributed by atoms with E-state index in [-0.39, 0.29) is 30.6 Å². The number of nitrogens with zero attached hydrogens (tertiary/aromatic N) is 2. The number of nitrogens with two attached hydrogens (primary N) is 1. The summed E-state index contributed by atoms with van der Waals surface area (Å²) in [4.78, 5) is 13.9. The van der Waals surface area contributed by atoms with Gasteiger partial charge < -0.3 is 34.0 Å². The van der Waals surface area contributed by atoms with Gasteiger partial charge in [-0.1, -0.05) is 12.1 Å². The summed E-state index contributed by atoms with van der Waals surface area (Å²) in [6.07, 6.45) is 0. The van der Waals surface area contributed by atoms with Crippen LogP contribution in [-0.4, -0.2) is 18.2 Å². The van der Waals surface area contributed by atoms with Crippen molar-refractivity contribution in [1.82, 2.24) is 4.57 Å². The van der Waals surface area contributed by atoms with E-state index in [0.29, 0.717) is 52.1 Å². The van der Waals surface area contributed by atoms with Gasteiger partial charge in [-0.25, -0.2) is 0 Å². The van der Waals surface area contributed by atoms with E-state index in [1.807, 2.05) is 25.1 Å². The van der Waals surface area contributed by atoms with E-state index in [1.165, 1.54) is 0 Å². The summed E-state index contributed by atoms with van der Waals surface area (Å²) in [5.74, 6) is 2.08. The number of hydrogen-bond donors (Lipinski definition) is 1. The lowest BCUT2D eigenvalue weighted by atomic mass is 9.84. The summed E-state index contributed by atoms with van der Waals surface area (Å²) in [5.41, 5.74) is 8.60. The highest BCUT2D eigenvalue weighted by atomic mass is 16.7. The Kier molecular flexibility index (Phi) is 4.42. The smallest absolute Gasteiger partial charge is 0.259 e. The number of aromatic nitrogens is 1. The number of fused-ring (bicyclic) bond motifs is 3. The van der Waals surface area contributed by atoms with E-state index in [1.54, 1.807) is 28.8 Å². The van der Waals surface area contributed by atoms with Crippen molar-refractivity contribution in [3.8, 4) is 34.8 Å². The Balaban J connectivity index is 1.49. The van der Waals surface area contributed by atoms with Gasteiger partial charge in [0.2, 0.25) is 19.5 Å². The van der Waals surface area contributed by atoms with Crippen LogP contribution in [0.2, 0.25) is 0 Å². The number of ether oxygens (including phenoxy) is 5. The van der Waals surface area contributed by atoms with Crippen molar-refractivity contribution in [2.75, 3.05) is 13.6 Å². The molecule has 3 aliphatic rings. The van der Waals surface area contributed by atoms with Gasteiger partial charge in [-0.15, -0.1) is 0 Å². The molecule has 34 heavy (non-hydrogen) atoms. The molecule has 170 valence electrons. The summed E-state index contributed by atoms with van der Waals surface area (Å²) in [6.45, 7) is 2.43. The van der Waals surface area contributed by atoms with Crippen molar-refractivity contribution in [1.29, 1.82) is 5.26 Å². The van der Waals surface area contributed by atoms with Crippen molar-refractivity contribution in [2.45, 2.75) is 19.4 Å². The van der Waals surface area contributed by atoms with Crippen LogP contribution in [0.1, 0.15) is 28.3 Å². The third-order valence-electron chi connectivity index (χ3n) is 6.20. The molecule has 3 aliphatic heterocycles. The highest BCUT2D eigenvalue weighted by molar-refractivity contribution is 5.58. The fourth-order valence-corrected chi connectivity index (χ4v) is 4.53. The molecule has 0 fully saturated rings. The van der Waals surface area contributed by atoms with E-state index in [2.05, 4.69) is 6.07 Å². The van der Waals surface area contributed by atoms with Gasteiger partial charge in [-0.05, 0) is 42.3 Å². The van der Waals surface area contributed by atoms with Crippen LogP contribution in [0.15, 0.2) is 58.7 Å². The van der Waals surface area contributed by atoms with Gasteiger partial charge in [0.05, 0.1) is 18.0 Å². The largest absolute Gasteiger partial charge is 0.454 e. The number of aryl methyl sites for hydroxylation is 1. The first-order valence-electron chi connectivity index (χ1n) is 10.6. The molecule has 2 N–H and O–H groups in total. The van der Waals surface area contributed by atoms with E-state index >= 15 is 0 Å². The summed E-state index contributed by atoms with van der Waals surface area (Å²) in [7, 11) is 0. The maximum atomic E-state index is 13.9. The molecular formula is C25H19N3O6. The minimum atomic E-state index is -0.709. The molecule has 6 rings (SSSR count). The first kappa shape index (κ1) is 20.1. The fraction of sp³-hybridized carbons (Fsp3) is 0.200. The van der Waals surface area contributed by atoms with Gasteiger partial charge in [0, 0.05) is 11.8 Å². The van der Waals surface area contributed by atoms with Gasteiger partial charge in [0.25, 0.3) is 5.56 Å². The minimum absolute atomic E-state index is 0.0232. The monoisotopic (exact) mass is 457 g/mol. The van der Waals surface area contributed by atoms with E-state index in [4.69, 9.17) is 29.4 Å². The third kappa shape index (κ3) is 3.03.